The summed E-state index contributed by atoms with van der Waals surface area (Å²) in [5.74, 6) is -2.29. The van der Waals surface area contributed by atoms with Gasteiger partial charge < -0.3 is 10.4 Å². The quantitative estimate of drug-likeness (QED) is 0.768. The number of allylic oxidation sites excluding steroid dienone is 1. The Kier molecular flexibility index (Phi) is 5.30. The van der Waals surface area contributed by atoms with E-state index in [1.807, 2.05) is 18.2 Å². The minimum atomic E-state index is -1.03. The molecule has 0 bridgehead atoms. The molecule has 0 radical (unpaired) electrons. The molecule has 0 saturated heterocycles. The maximum atomic E-state index is 13.0. The lowest BCUT2D eigenvalue weighted by atomic mass is 9.97. The van der Waals surface area contributed by atoms with Crippen LogP contribution in [-0.4, -0.2) is 27.7 Å². The third-order valence-corrected chi connectivity index (χ3v) is 4.31. The van der Waals surface area contributed by atoms with E-state index in [1.165, 1.54) is 11.9 Å². The summed E-state index contributed by atoms with van der Waals surface area (Å²) in [4.78, 5) is 28.6. The van der Waals surface area contributed by atoms with Crippen LogP contribution in [0.15, 0.2) is 71.2 Å². The van der Waals surface area contributed by atoms with E-state index in [-0.39, 0.29) is 17.2 Å². The lowest BCUT2D eigenvalue weighted by Crippen LogP contribution is -2.28. The monoisotopic (exact) mass is 364 g/mol. The molecule has 1 aliphatic rings. The van der Waals surface area contributed by atoms with Gasteiger partial charge in [0.15, 0.2) is 0 Å². The Morgan fingerprint density at radius 3 is 2.59 bits per heavy atom. The molecule has 138 valence electrons. The van der Waals surface area contributed by atoms with Gasteiger partial charge >= 0.3 is 5.97 Å². The van der Waals surface area contributed by atoms with Crippen LogP contribution >= 0.6 is 0 Å². The zero-order valence-corrected chi connectivity index (χ0v) is 15.1. The highest BCUT2D eigenvalue weighted by Gasteiger charge is 2.37. The Balaban J connectivity index is 1.94. The average Bonchev–Trinajstić information content (AvgIpc) is 3.04. The van der Waals surface area contributed by atoms with Crippen molar-refractivity contribution >= 4 is 23.3 Å². The normalized spacial score (nSPS) is 16.7. The van der Waals surface area contributed by atoms with Gasteiger partial charge in [0.25, 0.3) is 5.91 Å². The number of carboxylic acid groups (broad SMARTS) is 1. The Morgan fingerprint density at radius 1 is 1.22 bits per heavy atom. The van der Waals surface area contributed by atoms with E-state index in [0.29, 0.717) is 17.9 Å². The summed E-state index contributed by atoms with van der Waals surface area (Å²) in [5.41, 5.74) is 2.65. The number of anilines is 1. The molecule has 0 spiro atoms. The van der Waals surface area contributed by atoms with Crippen molar-refractivity contribution in [2.75, 3.05) is 5.01 Å². The summed E-state index contributed by atoms with van der Waals surface area (Å²) in [7, 11) is 0. The van der Waals surface area contributed by atoms with Crippen molar-refractivity contribution in [1.29, 1.82) is 0 Å². The molecule has 2 heterocycles. The number of carbonyl (C=O) groups is 2. The van der Waals surface area contributed by atoms with Crippen molar-refractivity contribution in [1.82, 2.24) is 10.3 Å². The van der Waals surface area contributed by atoms with Gasteiger partial charge in [-0.25, -0.2) is 0 Å². The number of benzene rings is 1. The van der Waals surface area contributed by atoms with E-state index >= 15 is 0 Å². The predicted molar refractivity (Wildman–Crippen MR) is 102 cm³/mol. The van der Waals surface area contributed by atoms with E-state index < -0.39 is 11.9 Å². The van der Waals surface area contributed by atoms with Gasteiger partial charge in [-0.2, -0.15) is 10.1 Å². The molecular weight excluding hydrogens is 344 g/mol. The number of hydrogen-bond donors (Lipinski definition) is 2. The number of hydrogen-bond acceptors (Lipinski definition) is 5. The molecule has 1 amide bonds. The topological polar surface area (TPSA) is 94.9 Å². The highest BCUT2D eigenvalue weighted by molar-refractivity contribution is 6.33. The molecule has 0 aliphatic carbocycles. The molecule has 0 saturated carbocycles. The number of para-hydroxylation sites is 1. The van der Waals surface area contributed by atoms with Gasteiger partial charge in [0.1, 0.15) is 0 Å². The fourth-order valence-corrected chi connectivity index (χ4v) is 2.76. The van der Waals surface area contributed by atoms with Crippen molar-refractivity contribution < 1.29 is 14.7 Å². The van der Waals surface area contributed by atoms with E-state index in [2.05, 4.69) is 15.4 Å². The highest BCUT2D eigenvalue weighted by atomic mass is 16.4. The summed E-state index contributed by atoms with van der Waals surface area (Å²) in [6, 6.07) is 12.7. The molecule has 7 heteroatoms. The number of nitrogens with one attached hydrogen (secondary N) is 1. The first-order valence-corrected chi connectivity index (χ1v) is 8.54. The number of pyridine rings is 1. The van der Waals surface area contributed by atoms with Crippen molar-refractivity contribution in [3.63, 3.8) is 0 Å². The average molecular weight is 364 g/mol. The van der Waals surface area contributed by atoms with Crippen LogP contribution in [0, 0.1) is 5.92 Å². The van der Waals surface area contributed by atoms with Crippen molar-refractivity contribution in [2.24, 2.45) is 11.0 Å². The van der Waals surface area contributed by atoms with Gasteiger partial charge in [0, 0.05) is 24.6 Å². The molecule has 1 aromatic carbocycles. The number of aromatic nitrogens is 1. The zero-order valence-electron chi connectivity index (χ0n) is 15.1. The fourth-order valence-electron chi connectivity index (χ4n) is 2.76. The van der Waals surface area contributed by atoms with Gasteiger partial charge in [-0.15, -0.1) is 0 Å². The number of aliphatic carboxylic acids is 1. The molecule has 3 rings (SSSR count). The second kappa shape index (κ2) is 7.82. The number of hydrazone groups is 1. The first-order valence-electron chi connectivity index (χ1n) is 8.54. The van der Waals surface area contributed by atoms with Crippen molar-refractivity contribution in [2.45, 2.75) is 20.4 Å². The summed E-state index contributed by atoms with van der Waals surface area (Å²) in [6.45, 7) is 3.75. The van der Waals surface area contributed by atoms with Gasteiger partial charge in [0.05, 0.1) is 22.9 Å². The third kappa shape index (κ3) is 3.87. The minimum Gasteiger partial charge on any atom is -0.481 e. The van der Waals surface area contributed by atoms with Crippen LogP contribution in [0.5, 0.6) is 0 Å². The van der Waals surface area contributed by atoms with Crippen LogP contribution in [0.2, 0.25) is 0 Å². The fraction of sp³-hybridized carbons (Fsp3) is 0.200. The largest absolute Gasteiger partial charge is 0.481 e. The van der Waals surface area contributed by atoms with Crippen molar-refractivity contribution in [3.05, 3.63) is 71.7 Å². The molecule has 7 nitrogen and oxygen atoms in total. The molecule has 1 atom stereocenters. The van der Waals surface area contributed by atoms with Gasteiger partial charge in [-0.1, -0.05) is 24.3 Å². The number of carbonyl (C=O) groups excluding carboxylic acids is 1. The summed E-state index contributed by atoms with van der Waals surface area (Å²) < 4.78 is 0. The molecule has 1 unspecified atom stereocenters. The maximum Gasteiger partial charge on any atom is 0.312 e. The molecule has 2 aromatic rings. The third-order valence-electron chi connectivity index (χ3n) is 4.31. The molecule has 1 aromatic heterocycles. The van der Waals surface area contributed by atoms with E-state index in [1.54, 1.807) is 43.6 Å². The van der Waals surface area contributed by atoms with Crippen molar-refractivity contribution in [3.8, 4) is 0 Å². The first kappa shape index (κ1) is 18.3. The standard InChI is InChI=1S/C20H20N4O3/c1-13(20(26)27)18-17(14(2)22-12-15-7-6-10-21-11-15)19(25)24(23-18)16-8-4-3-5-9-16/h3-11,13,22H,12H2,1-2H3,(H,26,27)/b17-14-. The highest BCUT2D eigenvalue weighted by Crippen LogP contribution is 2.27. The number of nitrogens with zero attached hydrogens (tertiary/aromatic N) is 3. The van der Waals surface area contributed by atoms with Crippen LogP contribution in [0.1, 0.15) is 19.4 Å². The van der Waals surface area contributed by atoms with E-state index in [0.717, 1.165) is 5.56 Å². The predicted octanol–water partition coefficient (Wildman–Crippen LogP) is 2.57. The molecule has 1 aliphatic heterocycles. The lowest BCUT2D eigenvalue weighted by Gasteiger charge is -2.13. The summed E-state index contributed by atoms with van der Waals surface area (Å²) in [6.07, 6.45) is 3.42. The molecule has 2 N–H and O–H groups in total. The number of rotatable bonds is 6. The van der Waals surface area contributed by atoms with Crippen LogP contribution in [0.3, 0.4) is 0 Å². The zero-order chi connectivity index (χ0) is 19.4. The maximum absolute atomic E-state index is 13.0. The lowest BCUT2D eigenvalue weighted by molar-refractivity contribution is -0.138. The van der Waals surface area contributed by atoms with E-state index in [9.17, 15) is 14.7 Å². The summed E-state index contributed by atoms with van der Waals surface area (Å²) in [5, 5.41) is 18.2. The van der Waals surface area contributed by atoms with Crippen LogP contribution in [0.4, 0.5) is 5.69 Å². The molecular formula is C20H20N4O3. The minimum absolute atomic E-state index is 0.243. The Bertz CT molecular complexity index is 907. The van der Waals surface area contributed by atoms with Gasteiger partial charge in [0.2, 0.25) is 0 Å². The second-order valence-corrected chi connectivity index (χ2v) is 6.21. The SMILES string of the molecule is C/C(NCc1cccnc1)=C1/C(=O)N(c2ccccc2)N=C1C(C)C(=O)O. The number of carboxylic acids is 1. The molecule has 27 heavy (non-hydrogen) atoms. The first-order chi connectivity index (χ1) is 13.0. The molecule has 0 fully saturated rings. The summed E-state index contributed by atoms with van der Waals surface area (Å²) >= 11 is 0. The van der Waals surface area contributed by atoms with Crippen LogP contribution in [0.25, 0.3) is 0 Å². The Hall–Kier alpha value is -3.48. The Morgan fingerprint density at radius 2 is 1.96 bits per heavy atom. The van der Waals surface area contributed by atoms with Gasteiger partial charge in [-0.3, -0.25) is 14.6 Å². The number of amides is 1. The van der Waals surface area contributed by atoms with Gasteiger partial charge in [-0.05, 0) is 37.6 Å². The smallest absolute Gasteiger partial charge is 0.312 e. The van der Waals surface area contributed by atoms with E-state index in [4.69, 9.17) is 0 Å². The van der Waals surface area contributed by atoms with Crippen LogP contribution < -0.4 is 10.3 Å². The van der Waals surface area contributed by atoms with Crippen LogP contribution in [-0.2, 0) is 16.1 Å². The second-order valence-electron chi connectivity index (χ2n) is 6.21. The Labute approximate surface area is 157 Å².